The fourth-order valence-corrected chi connectivity index (χ4v) is 3.60. The number of pyridine rings is 1. The first-order chi connectivity index (χ1) is 12.6. The molecule has 1 aromatic carbocycles. The molecule has 0 aliphatic carbocycles. The van der Waals surface area contributed by atoms with E-state index in [-0.39, 0.29) is 23.9 Å². The third kappa shape index (κ3) is 2.65. The van der Waals surface area contributed by atoms with E-state index in [0.717, 1.165) is 18.4 Å². The van der Waals surface area contributed by atoms with Gasteiger partial charge in [0.15, 0.2) is 6.10 Å². The van der Waals surface area contributed by atoms with Crippen LogP contribution >= 0.6 is 0 Å². The van der Waals surface area contributed by atoms with Gasteiger partial charge in [0, 0.05) is 19.7 Å². The van der Waals surface area contributed by atoms with Crippen LogP contribution in [0.25, 0.3) is 0 Å². The number of nitrogens with zero attached hydrogens (tertiary/aromatic N) is 2. The Morgan fingerprint density at radius 1 is 1.19 bits per heavy atom. The van der Waals surface area contributed by atoms with Gasteiger partial charge in [-0.25, -0.2) is 0 Å². The lowest BCUT2D eigenvalue weighted by molar-refractivity contribution is -0.125. The van der Waals surface area contributed by atoms with Gasteiger partial charge in [-0.2, -0.15) is 0 Å². The summed E-state index contributed by atoms with van der Waals surface area (Å²) in [4.78, 5) is 43.2. The monoisotopic (exact) mass is 353 g/mol. The van der Waals surface area contributed by atoms with E-state index in [1.54, 1.807) is 29.3 Å². The van der Waals surface area contributed by atoms with E-state index in [2.05, 4.69) is 4.98 Å². The zero-order valence-corrected chi connectivity index (χ0v) is 14.4. The van der Waals surface area contributed by atoms with Gasteiger partial charge in [0.1, 0.15) is 11.4 Å². The number of amides is 2. The highest BCUT2D eigenvalue weighted by Gasteiger charge is 2.37. The summed E-state index contributed by atoms with van der Waals surface area (Å²) in [6, 6.07) is 8.97. The largest absolute Gasteiger partial charge is 0.476 e. The van der Waals surface area contributed by atoms with Gasteiger partial charge in [-0.1, -0.05) is 12.1 Å². The molecule has 1 unspecified atom stereocenters. The minimum atomic E-state index is -0.848. The van der Waals surface area contributed by atoms with Crippen LogP contribution in [-0.2, 0) is 16.0 Å². The molecule has 2 aliphatic heterocycles. The molecular formula is C19H19N3O4. The maximum absolute atomic E-state index is 13.2. The third-order valence-electron chi connectivity index (χ3n) is 4.81. The molecule has 7 heteroatoms. The van der Waals surface area contributed by atoms with Gasteiger partial charge < -0.3 is 19.5 Å². The molecule has 4 rings (SSSR count). The highest BCUT2D eigenvalue weighted by molar-refractivity contribution is 6.01. The number of nitrogens with one attached hydrogen (secondary N) is 1. The van der Waals surface area contributed by atoms with Crippen molar-refractivity contribution in [2.75, 3.05) is 22.9 Å². The number of rotatable bonds is 1. The van der Waals surface area contributed by atoms with E-state index >= 15 is 0 Å². The van der Waals surface area contributed by atoms with E-state index in [9.17, 15) is 14.4 Å². The van der Waals surface area contributed by atoms with Crippen LogP contribution in [-0.4, -0.2) is 36.0 Å². The Morgan fingerprint density at radius 2 is 2.00 bits per heavy atom. The van der Waals surface area contributed by atoms with Crippen molar-refractivity contribution in [3.05, 3.63) is 52.4 Å². The second kappa shape index (κ2) is 6.33. The van der Waals surface area contributed by atoms with Gasteiger partial charge in [0.25, 0.3) is 11.5 Å². The first kappa shape index (κ1) is 16.4. The van der Waals surface area contributed by atoms with Gasteiger partial charge in [-0.3, -0.25) is 14.4 Å². The Balaban J connectivity index is 1.69. The van der Waals surface area contributed by atoms with Gasteiger partial charge in [-0.05, 0) is 36.6 Å². The van der Waals surface area contributed by atoms with Crippen molar-refractivity contribution in [1.82, 2.24) is 4.98 Å². The number of hydrogen-bond donors (Lipinski definition) is 1. The van der Waals surface area contributed by atoms with Crippen LogP contribution in [0.15, 0.2) is 41.3 Å². The number of aryl methyl sites for hydroxylation is 1. The van der Waals surface area contributed by atoms with E-state index in [1.165, 1.54) is 11.8 Å². The second-order valence-corrected chi connectivity index (χ2v) is 6.48. The molecule has 26 heavy (non-hydrogen) atoms. The zero-order valence-electron chi connectivity index (χ0n) is 14.4. The average Bonchev–Trinajstić information content (AvgIpc) is 2.66. The summed E-state index contributed by atoms with van der Waals surface area (Å²) in [6.45, 7) is 2.05. The highest BCUT2D eigenvalue weighted by Crippen LogP contribution is 2.34. The number of H-pyrrole nitrogens is 1. The lowest BCUT2D eigenvalue weighted by Crippen LogP contribution is -2.53. The van der Waals surface area contributed by atoms with Crippen LogP contribution in [0.5, 0.6) is 5.75 Å². The number of hydrogen-bond acceptors (Lipinski definition) is 4. The molecule has 134 valence electrons. The standard InChI is InChI=1S/C19H19N3O4/c1-12(23)22-11-16(26-15-7-3-2-6-14(15)22)19(25)21-10-4-5-13-8-9-20-18(24)17(13)21/h2-3,6-9,16H,4-5,10-11H2,1H3,(H,20,24). The maximum Gasteiger partial charge on any atom is 0.272 e. The molecule has 0 radical (unpaired) electrons. The summed E-state index contributed by atoms with van der Waals surface area (Å²) in [6.07, 6.45) is 2.29. The molecule has 0 bridgehead atoms. The molecule has 7 nitrogen and oxygen atoms in total. The molecule has 0 saturated carbocycles. The van der Waals surface area contributed by atoms with E-state index in [1.807, 2.05) is 12.1 Å². The van der Waals surface area contributed by atoms with Crippen molar-refractivity contribution >= 4 is 23.2 Å². The molecular weight excluding hydrogens is 334 g/mol. The first-order valence-corrected chi connectivity index (χ1v) is 8.62. The molecule has 2 amide bonds. The predicted molar refractivity (Wildman–Crippen MR) is 96.6 cm³/mol. The minimum absolute atomic E-state index is 0.127. The minimum Gasteiger partial charge on any atom is -0.476 e. The Morgan fingerprint density at radius 3 is 2.81 bits per heavy atom. The van der Waals surface area contributed by atoms with Gasteiger partial charge in [0.2, 0.25) is 5.91 Å². The van der Waals surface area contributed by atoms with Crippen LogP contribution in [0.2, 0.25) is 0 Å². The third-order valence-corrected chi connectivity index (χ3v) is 4.81. The SMILES string of the molecule is CC(=O)N1CC(C(=O)N2CCCc3cc[nH]c(=O)c32)Oc2ccccc21. The topological polar surface area (TPSA) is 82.7 Å². The smallest absolute Gasteiger partial charge is 0.272 e. The lowest BCUT2D eigenvalue weighted by Gasteiger charge is -2.37. The van der Waals surface area contributed by atoms with E-state index < -0.39 is 6.10 Å². The Labute approximate surface area is 150 Å². The predicted octanol–water partition coefficient (Wildman–Crippen LogP) is 1.47. The highest BCUT2D eigenvalue weighted by atomic mass is 16.5. The van der Waals surface area contributed by atoms with Gasteiger partial charge >= 0.3 is 0 Å². The number of benzene rings is 1. The Bertz CT molecular complexity index is 936. The van der Waals surface area contributed by atoms with Crippen LogP contribution in [0.3, 0.4) is 0 Å². The van der Waals surface area contributed by atoms with Crippen molar-refractivity contribution in [2.24, 2.45) is 0 Å². The zero-order chi connectivity index (χ0) is 18.3. The number of aromatic amines is 1. The molecule has 1 aromatic heterocycles. The number of anilines is 2. The summed E-state index contributed by atoms with van der Waals surface area (Å²) in [5.74, 6) is 0.0327. The number of aromatic nitrogens is 1. The average molecular weight is 353 g/mol. The van der Waals surface area contributed by atoms with Crippen molar-refractivity contribution in [1.29, 1.82) is 0 Å². The molecule has 3 heterocycles. The summed E-state index contributed by atoms with van der Waals surface area (Å²) in [7, 11) is 0. The quantitative estimate of drug-likeness (QED) is 0.842. The molecule has 0 spiro atoms. The summed E-state index contributed by atoms with van der Waals surface area (Å²) < 4.78 is 5.88. The maximum atomic E-state index is 13.2. The number of carbonyl (C=O) groups excluding carboxylic acids is 2. The number of fused-ring (bicyclic) bond motifs is 2. The van der Waals surface area contributed by atoms with Crippen molar-refractivity contribution in [2.45, 2.75) is 25.9 Å². The molecule has 1 N–H and O–H groups in total. The van der Waals surface area contributed by atoms with Crippen LogP contribution in [0.4, 0.5) is 11.4 Å². The van der Waals surface area contributed by atoms with Gasteiger partial charge in [-0.15, -0.1) is 0 Å². The molecule has 1 atom stereocenters. The van der Waals surface area contributed by atoms with Crippen molar-refractivity contribution in [3.8, 4) is 5.75 Å². The van der Waals surface area contributed by atoms with Crippen molar-refractivity contribution < 1.29 is 14.3 Å². The van der Waals surface area contributed by atoms with Crippen LogP contribution in [0, 0.1) is 0 Å². The number of ether oxygens (including phenoxy) is 1. The molecule has 0 fully saturated rings. The fourth-order valence-electron chi connectivity index (χ4n) is 3.60. The lowest BCUT2D eigenvalue weighted by atomic mass is 10.0. The normalized spacial score (nSPS) is 18.6. The molecule has 0 saturated heterocycles. The van der Waals surface area contributed by atoms with Crippen molar-refractivity contribution in [3.63, 3.8) is 0 Å². The number of para-hydroxylation sites is 2. The first-order valence-electron chi connectivity index (χ1n) is 8.62. The van der Waals surface area contributed by atoms with Gasteiger partial charge in [0.05, 0.1) is 12.2 Å². The Kier molecular flexibility index (Phi) is 3.99. The van der Waals surface area contributed by atoms with E-state index in [0.29, 0.717) is 23.7 Å². The second-order valence-electron chi connectivity index (χ2n) is 6.48. The summed E-state index contributed by atoms with van der Waals surface area (Å²) in [5, 5.41) is 0. The molecule has 2 aliphatic rings. The van der Waals surface area contributed by atoms with E-state index in [4.69, 9.17) is 4.74 Å². The Hall–Kier alpha value is -3.09. The van der Waals surface area contributed by atoms with Crippen LogP contribution in [0.1, 0.15) is 18.9 Å². The fraction of sp³-hybridized carbons (Fsp3) is 0.316. The summed E-state index contributed by atoms with van der Waals surface area (Å²) in [5.41, 5.74) is 1.62. The summed E-state index contributed by atoms with van der Waals surface area (Å²) >= 11 is 0. The molecule has 2 aromatic rings. The number of carbonyl (C=O) groups is 2. The van der Waals surface area contributed by atoms with Crippen LogP contribution < -0.4 is 20.1 Å².